The van der Waals surface area contributed by atoms with E-state index in [1.807, 2.05) is 29.9 Å². The summed E-state index contributed by atoms with van der Waals surface area (Å²) in [7, 11) is 1.96. The van der Waals surface area contributed by atoms with Gasteiger partial charge in [-0.2, -0.15) is 5.10 Å². The largest absolute Gasteiger partial charge is 0.316 e. The van der Waals surface area contributed by atoms with Crippen LogP contribution in [0, 0.1) is 0 Å². The van der Waals surface area contributed by atoms with Crippen LogP contribution in [-0.4, -0.2) is 16.8 Å². The molecule has 1 aromatic carbocycles. The molecule has 3 rings (SSSR count). The highest BCUT2D eigenvalue weighted by Crippen LogP contribution is 2.27. The van der Waals surface area contributed by atoms with Crippen molar-refractivity contribution in [3.05, 3.63) is 59.6 Å². The number of thiophene rings is 1. The Morgan fingerprint density at radius 3 is 2.68 bits per heavy atom. The fourth-order valence-corrected chi connectivity index (χ4v) is 2.81. The average molecular weight is 269 g/mol. The van der Waals surface area contributed by atoms with Crippen molar-refractivity contribution >= 4 is 11.3 Å². The van der Waals surface area contributed by atoms with Crippen molar-refractivity contribution < 1.29 is 0 Å². The third kappa shape index (κ3) is 2.45. The molecule has 0 aliphatic rings. The lowest BCUT2D eigenvalue weighted by Crippen LogP contribution is -2.04. The number of para-hydroxylation sites is 1. The van der Waals surface area contributed by atoms with E-state index in [1.165, 1.54) is 10.4 Å². The number of rotatable bonds is 4. The van der Waals surface area contributed by atoms with Crippen LogP contribution < -0.4 is 5.32 Å². The molecule has 0 fully saturated rings. The molecule has 19 heavy (non-hydrogen) atoms. The molecule has 96 valence electrons. The van der Waals surface area contributed by atoms with E-state index in [4.69, 9.17) is 5.10 Å². The predicted molar refractivity (Wildman–Crippen MR) is 79.6 cm³/mol. The van der Waals surface area contributed by atoms with Crippen LogP contribution in [0.15, 0.2) is 54.0 Å². The molecular formula is C15H15N3S. The molecule has 0 aliphatic carbocycles. The minimum Gasteiger partial charge on any atom is -0.316 e. The summed E-state index contributed by atoms with van der Waals surface area (Å²) < 4.78 is 1.95. The number of aromatic nitrogens is 2. The molecule has 0 atom stereocenters. The molecule has 3 nitrogen and oxygen atoms in total. The minimum absolute atomic E-state index is 0.820. The van der Waals surface area contributed by atoms with Gasteiger partial charge < -0.3 is 5.32 Å². The summed E-state index contributed by atoms with van der Waals surface area (Å²) in [5.41, 5.74) is 3.37. The van der Waals surface area contributed by atoms with Gasteiger partial charge in [0.15, 0.2) is 0 Å². The molecule has 4 heteroatoms. The molecule has 0 unspecified atom stereocenters. The van der Waals surface area contributed by atoms with Crippen molar-refractivity contribution in [3.63, 3.8) is 0 Å². The third-order valence-corrected chi connectivity index (χ3v) is 3.81. The van der Waals surface area contributed by atoms with Crippen molar-refractivity contribution in [1.82, 2.24) is 15.1 Å². The first-order chi connectivity index (χ1) is 9.38. The number of benzene rings is 1. The van der Waals surface area contributed by atoms with Gasteiger partial charge in [-0.1, -0.05) is 24.3 Å². The van der Waals surface area contributed by atoms with Gasteiger partial charge in [0, 0.05) is 18.3 Å². The van der Waals surface area contributed by atoms with Crippen LogP contribution in [0.3, 0.4) is 0 Å². The Balaban J connectivity index is 2.07. The molecule has 0 saturated heterocycles. The predicted octanol–water partition coefficient (Wildman–Crippen LogP) is 3.32. The fourth-order valence-electron chi connectivity index (χ4n) is 2.06. The second kappa shape index (κ2) is 5.38. The zero-order chi connectivity index (χ0) is 13.1. The van der Waals surface area contributed by atoms with Crippen molar-refractivity contribution in [2.45, 2.75) is 6.54 Å². The Morgan fingerprint density at radius 1 is 1.16 bits per heavy atom. The molecular weight excluding hydrogens is 254 g/mol. The Hall–Kier alpha value is -1.91. The summed E-state index contributed by atoms with van der Waals surface area (Å²) in [5.74, 6) is 0. The number of nitrogens with zero attached hydrogens (tertiary/aromatic N) is 2. The second-order valence-corrected chi connectivity index (χ2v) is 5.24. The quantitative estimate of drug-likeness (QED) is 0.787. The maximum absolute atomic E-state index is 4.73. The third-order valence-electron chi connectivity index (χ3n) is 2.93. The molecule has 0 spiro atoms. The highest BCUT2D eigenvalue weighted by molar-refractivity contribution is 7.13. The Bertz CT molecular complexity index is 641. The normalized spacial score (nSPS) is 10.8. The molecule has 0 saturated carbocycles. The van der Waals surface area contributed by atoms with Gasteiger partial charge in [0.1, 0.15) is 5.69 Å². The lowest BCUT2D eigenvalue weighted by molar-refractivity contribution is 0.817. The van der Waals surface area contributed by atoms with Gasteiger partial charge in [0.25, 0.3) is 0 Å². The summed E-state index contributed by atoms with van der Waals surface area (Å²) in [5, 5.41) is 10.0. The number of hydrogen-bond donors (Lipinski definition) is 1. The molecule has 0 bridgehead atoms. The first-order valence-corrected chi connectivity index (χ1v) is 7.09. The Kier molecular flexibility index (Phi) is 3.44. The maximum atomic E-state index is 4.73. The van der Waals surface area contributed by atoms with E-state index >= 15 is 0 Å². The lowest BCUT2D eigenvalue weighted by atomic mass is 10.2. The second-order valence-electron chi connectivity index (χ2n) is 4.29. The molecule has 2 aromatic heterocycles. The van der Waals surface area contributed by atoms with Gasteiger partial charge in [-0.15, -0.1) is 11.3 Å². The summed E-state index contributed by atoms with van der Waals surface area (Å²) in [4.78, 5) is 1.21. The zero-order valence-corrected chi connectivity index (χ0v) is 11.5. The van der Waals surface area contributed by atoms with Crippen LogP contribution in [0.2, 0.25) is 0 Å². The van der Waals surface area contributed by atoms with E-state index < -0.39 is 0 Å². The monoisotopic (exact) mass is 269 g/mol. The zero-order valence-electron chi connectivity index (χ0n) is 10.7. The first-order valence-electron chi connectivity index (χ1n) is 6.21. The Morgan fingerprint density at radius 2 is 2.00 bits per heavy atom. The SMILES string of the molecule is CNCc1cn(-c2ccccc2)nc1-c1cccs1. The molecule has 1 N–H and O–H groups in total. The number of hydrogen-bond acceptors (Lipinski definition) is 3. The van der Waals surface area contributed by atoms with E-state index in [-0.39, 0.29) is 0 Å². The van der Waals surface area contributed by atoms with Gasteiger partial charge in [-0.05, 0) is 30.6 Å². The van der Waals surface area contributed by atoms with E-state index in [0.29, 0.717) is 0 Å². The van der Waals surface area contributed by atoms with Crippen LogP contribution in [0.5, 0.6) is 0 Å². The smallest absolute Gasteiger partial charge is 0.107 e. The van der Waals surface area contributed by atoms with Gasteiger partial charge >= 0.3 is 0 Å². The van der Waals surface area contributed by atoms with Crippen LogP contribution in [0.25, 0.3) is 16.3 Å². The van der Waals surface area contributed by atoms with Crippen molar-refractivity contribution in [2.75, 3.05) is 7.05 Å². The Labute approximate surface area is 116 Å². The standard InChI is InChI=1S/C15H15N3S/c1-16-10-12-11-18(13-6-3-2-4-7-13)17-15(12)14-8-5-9-19-14/h2-9,11,16H,10H2,1H3. The molecule has 2 heterocycles. The van der Waals surface area contributed by atoms with Crippen LogP contribution in [-0.2, 0) is 6.54 Å². The van der Waals surface area contributed by atoms with E-state index in [2.05, 4.69) is 41.2 Å². The molecule has 0 radical (unpaired) electrons. The van der Waals surface area contributed by atoms with Gasteiger partial charge in [-0.3, -0.25) is 0 Å². The molecule has 3 aromatic rings. The number of nitrogens with one attached hydrogen (secondary N) is 1. The highest BCUT2D eigenvalue weighted by atomic mass is 32.1. The summed E-state index contributed by atoms with van der Waals surface area (Å²) in [6.07, 6.45) is 2.10. The van der Waals surface area contributed by atoms with Crippen LogP contribution in [0.1, 0.15) is 5.56 Å². The first kappa shape index (κ1) is 12.1. The van der Waals surface area contributed by atoms with Crippen molar-refractivity contribution in [2.24, 2.45) is 0 Å². The fraction of sp³-hybridized carbons (Fsp3) is 0.133. The van der Waals surface area contributed by atoms with E-state index in [1.54, 1.807) is 11.3 Å². The summed E-state index contributed by atoms with van der Waals surface area (Å²) >= 11 is 1.72. The lowest BCUT2D eigenvalue weighted by Gasteiger charge is -1.99. The van der Waals surface area contributed by atoms with Gasteiger partial charge in [-0.25, -0.2) is 4.68 Å². The minimum atomic E-state index is 0.820. The topological polar surface area (TPSA) is 29.9 Å². The maximum Gasteiger partial charge on any atom is 0.107 e. The van der Waals surface area contributed by atoms with Gasteiger partial charge in [0.2, 0.25) is 0 Å². The van der Waals surface area contributed by atoms with E-state index in [0.717, 1.165) is 17.9 Å². The van der Waals surface area contributed by atoms with Crippen molar-refractivity contribution in [3.8, 4) is 16.3 Å². The van der Waals surface area contributed by atoms with E-state index in [9.17, 15) is 0 Å². The summed E-state index contributed by atoms with van der Waals surface area (Å²) in [6, 6.07) is 14.4. The summed E-state index contributed by atoms with van der Waals surface area (Å²) in [6.45, 7) is 0.820. The van der Waals surface area contributed by atoms with Crippen LogP contribution in [0.4, 0.5) is 0 Å². The average Bonchev–Trinajstić information content (AvgIpc) is 3.09. The molecule has 0 amide bonds. The van der Waals surface area contributed by atoms with Gasteiger partial charge in [0.05, 0.1) is 10.6 Å². The van der Waals surface area contributed by atoms with Crippen LogP contribution >= 0.6 is 11.3 Å². The highest BCUT2D eigenvalue weighted by Gasteiger charge is 2.12. The van der Waals surface area contributed by atoms with Crippen molar-refractivity contribution in [1.29, 1.82) is 0 Å². The molecule has 0 aliphatic heterocycles.